The Labute approximate surface area is 230 Å². The highest BCUT2D eigenvalue weighted by Crippen LogP contribution is 2.28. The molecule has 0 aliphatic heterocycles. The van der Waals surface area contributed by atoms with Gasteiger partial charge in [0.2, 0.25) is 0 Å². The fourth-order valence-corrected chi connectivity index (χ4v) is 3.13. The Hall–Kier alpha value is -5.14. The van der Waals surface area contributed by atoms with Crippen molar-refractivity contribution in [3.05, 3.63) is 53.9 Å². The number of aromatic nitrogens is 3. The number of esters is 2. The predicted octanol–water partition coefficient (Wildman–Crippen LogP) is 2.51. The summed E-state index contributed by atoms with van der Waals surface area (Å²) in [6.45, 7) is 3.54. The Bertz CT molecular complexity index is 1340. The Balaban J connectivity index is 1.62. The zero-order valence-corrected chi connectivity index (χ0v) is 22.5. The first kappa shape index (κ1) is 29.4. The van der Waals surface area contributed by atoms with Crippen LogP contribution in [0.4, 0.5) is 5.95 Å². The maximum Gasteiger partial charge on any atom is 0.344 e. The molecule has 1 heterocycles. The van der Waals surface area contributed by atoms with E-state index in [0.717, 1.165) is 0 Å². The van der Waals surface area contributed by atoms with Crippen molar-refractivity contribution in [3.63, 3.8) is 0 Å². The number of rotatable bonds is 15. The highest BCUT2D eigenvalue weighted by atomic mass is 16.6. The van der Waals surface area contributed by atoms with E-state index < -0.39 is 11.9 Å². The smallest absolute Gasteiger partial charge is 0.344 e. The molecule has 0 fully saturated rings. The highest BCUT2D eigenvalue weighted by Gasteiger charge is 2.10. The van der Waals surface area contributed by atoms with Gasteiger partial charge in [-0.05, 0) is 61.4 Å². The van der Waals surface area contributed by atoms with E-state index in [1.165, 1.54) is 25.2 Å². The third-order valence-corrected chi connectivity index (χ3v) is 4.92. The largest absolute Gasteiger partial charge is 0.493 e. The molecule has 1 aromatic heterocycles. The fraction of sp³-hybridized carbons (Fsp3) is 0.308. The van der Waals surface area contributed by atoms with Crippen LogP contribution in [0.2, 0.25) is 0 Å². The number of hydrazone groups is 1. The van der Waals surface area contributed by atoms with Crippen LogP contribution in [0.5, 0.6) is 23.0 Å². The van der Waals surface area contributed by atoms with Gasteiger partial charge in [-0.15, -0.1) is 10.2 Å². The van der Waals surface area contributed by atoms with Crippen LogP contribution in [0.1, 0.15) is 25.0 Å². The van der Waals surface area contributed by atoms with E-state index in [0.29, 0.717) is 34.1 Å². The first-order valence-electron chi connectivity index (χ1n) is 12.1. The van der Waals surface area contributed by atoms with Gasteiger partial charge in [-0.1, -0.05) is 0 Å². The molecule has 14 nitrogen and oxygen atoms in total. The fourth-order valence-electron chi connectivity index (χ4n) is 3.13. The summed E-state index contributed by atoms with van der Waals surface area (Å²) in [5, 5.41) is 16.3. The number of carbonyl (C=O) groups is 2. The molecule has 0 saturated carbocycles. The topological polar surface area (TPSA) is 157 Å². The van der Waals surface area contributed by atoms with Gasteiger partial charge < -0.3 is 28.4 Å². The van der Waals surface area contributed by atoms with E-state index in [1.54, 1.807) is 62.7 Å². The van der Waals surface area contributed by atoms with Crippen LogP contribution < -0.4 is 24.4 Å². The lowest BCUT2D eigenvalue weighted by Gasteiger charge is -2.10. The predicted molar refractivity (Wildman–Crippen MR) is 144 cm³/mol. The number of hydrogen-bond acceptors (Lipinski definition) is 13. The van der Waals surface area contributed by atoms with Gasteiger partial charge in [0.25, 0.3) is 5.95 Å². The quantitative estimate of drug-likeness (QED) is 0.167. The van der Waals surface area contributed by atoms with Gasteiger partial charge in [0.05, 0.1) is 39.9 Å². The average Bonchev–Trinajstić information content (AvgIpc) is 3.41. The summed E-state index contributed by atoms with van der Waals surface area (Å²) >= 11 is 0. The lowest BCUT2D eigenvalue weighted by atomic mass is 10.2. The van der Waals surface area contributed by atoms with E-state index >= 15 is 0 Å². The molecule has 1 N–H and O–H groups in total. The van der Waals surface area contributed by atoms with E-state index in [4.69, 9.17) is 28.4 Å². The van der Waals surface area contributed by atoms with E-state index in [-0.39, 0.29) is 32.4 Å². The van der Waals surface area contributed by atoms with Gasteiger partial charge >= 0.3 is 11.9 Å². The van der Waals surface area contributed by atoms with Crippen molar-refractivity contribution in [2.45, 2.75) is 13.8 Å². The zero-order chi connectivity index (χ0) is 28.7. The normalized spacial score (nSPS) is 10.9. The molecule has 0 aliphatic carbocycles. The lowest BCUT2D eigenvalue weighted by Crippen LogP contribution is -2.14. The molecule has 0 atom stereocenters. The zero-order valence-electron chi connectivity index (χ0n) is 22.5. The van der Waals surface area contributed by atoms with Crippen LogP contribution in [0.3, 0.4) is 0 Å². The Morgan fingerprint density at radius 2 is 1.40 bits per heavy atom. The molecule has 0 amide bonds. The molecule has 2 aromatic carbocycles. The molecule has 0 saturated heterocycles. The van der Waals surface area contributed by atoms with Crippen molar-refractivity contribution < 1.29 is 38.0 Å². The summed E-state index contributed by atoms with van der Waals surface area (Å²) in [7, 11) is 2.98. The number of carbonyl (C=O) groups excluding carboxylic acids is 2. The summed E-state index contributed by atoms with van der Waals surface area (Å²) in [5.74, 6) is 0.953. The van der Waals surface area contributed by atoms with Gasteiger partial charge in [-0.3, -0.25) is 0 Å². The summed E-state index contributed by atoms with van der Waals surface area (Å²) in [6.07, 6.45) is 4.51. The first-order valence-corrected chi connectivity index (χ1v) is 12.1. The number of nitrogens with one attached hydrogen (secondary N) is 1. The SMILES string of the molecule is CCOC(=O)COc1ccc(/C=N\Nc2nncn2/N=C\c2ccc(OCC(=O)OCC)c(OC)c2)cc1OC. The minimum absolute atomic E-state index is 0.227. The second-order valence-electron chi connectivity index (χ2n) is 7.62. The maximum absolute atomic E-state index is 11.5. The minimum atomic E-state index is -0.471. The molecular formula is C26H30N6O8. The molecule has 0 bridgehead atoms. The van der Waals surface area contributed by atoms with Crippen molar-refractivity contribution >= 4 is 30.3 Å². The number of nitrogens with zero attached hydrogens (tertiary/aromatic N) is 5. The first-order chi connectivity index (χ1) is 19.5. The third-order valence-electron chi connectivity index (χ3n) is 4.92. The molecule has 3 aromatic rings. The van der Waals surface area contributed by atoms with Crippen molar-refractivity contribution in [2.24, 2.45) is 10.2 Å². The van der Waals surface area contributed by atoms with Crippen molar-refractivity contribution in [2.75, 3.05) is 46.1 Å². The summed E-state index contributed by atoms with van der Waals surface area (Å²) in [6, 6.07) is 10.2. The van der Waals surface area contributed by atoms with E-state index in [9.17, 15) is 9.59 Å². The Kier molecular flexibility index (Phi) is 11.3. The van der Waals surface area contributed by atoms with Gasteiger partial charge in [-0.2, -0.15) is 14.9 Å². The van der Waals surface area contributed by atoms with Gasteiger partial charge in [0.1, 0.15) is 6.33 Å². The number of benzene rings is 2. The summed E-state index contributed by atoms with van der Waals surface area (Å²) in [5.41, 5.74) is 4.17. The molecule has 14 heteroatoms. The van der Waals surface area contributed by atoms with Crippen LogP contribution in [0.25, 0.3) is 0 Å². The third kappa shape index (κ3) is 8.72. The number of methoxy groups -OCH3 is 2. The molecular weight excluding hydrogens is 524 g/mol. The van der Waals surface area contributed by atoms with Crippen molar-refractivity contribution in [1.29, 1.82) is 0 Å². The lowest BCUT2D eigenvalue weighted by molar-refractivity contribution is -0.146. The van der Waals surface area contributed by atoms with Crippen LogP contribution in [-0.2, 0) is 19.1 Å². The molecule has 0 radical (unpaired) electrons. The second kappa shape index (κ2) is 15.3. The van der Waals surface area contributed by atoms with Crippen LogP contribution in [0.15, 0.2) is 52.9 Å². The van der Waals surface area contributed by atoms with Crippen LogP contribution in [0, 0.1) is 0 Å². The second-order valence-corrected chi connectivity index (χ2v) is 7.62. The Morgan fingerprint density at radius 3 is 1.93 bits per heavy atom. The van der Waals surface area contributed by atoms with Gasteiger partial charge in [0, 0.05) is 0 Å². The van der Waals surface area contributed by atoms with E-state index in [2.05, 4.69) is 25.8 Å². The van der Waals surface area contributed by atoms with Crippen LogP contribution >= 0.6 is 0 Å². The molecule has 212 valence electrons. The van der Waals surface area contributed by atoms with Crippen molar-refractivity contribution in [3.8, 4) is 23.0 Å². The van der Waals surface area contributed by atoms with Gasteiger partial charge in [0.15, 0.2) is 36.2 Å². The molecule has 3 rings (SSSR count). The van der Waals surface area contributed by atoms with Crippen molar-refractivity contribution in [1.82, 2.24) is 14.9 Å². The number of ether oxygens (including phenoxy) is 6. The standard InChI is InChI=1S/C26H30N6O8/c1-5-37-24(33)15-39-20-9-7-18(11-22(20)35-3)13-27-30-26-31-28-17-32(26)29-14-19-8-10-21(23(12-19)36-4)40-16-25(34)38-6-2/h7-14,17H,5-6,15-16H2,1-4H3,(H,30,31)/b27-13-,29-14-. The molecule has 0 aliphatic rings. The highest BCUT2D eigenvalue weighted by molar-refractivity contribution is 5.82. The average molecular weight is 555 g/mol. The maximum atomic E-state index is 11.5. The Morgan fingerprint density at radius 1 is 0.850 bits per heavy atom. The number of anilines is 1. The molecule has 0 unspecified atom stereocenters. The minimum Gasteiger partial charge on any atom is -0.493 e. The summed E-state index contributed by atoms with van der Waals surface area (Å²) in [4.78, 5) is 23.1. The monoisotopic (exact) mass is 554 g/mol. The molecule has 40 heavy (non-hydrogen) atoms. The number of hydrogen-bond donors (Lipinski definition) is 1. The van der Waals surface area contributed by atoms with Gasteiger partial charge in [-0.25, -0.2) is 15.0 Å². The van der Waals surface area contributed by atoms with E-state index in [1.807, 2.05) is 0 Å². The molecule has 0 spiro atoms. The summed E-state index contributed by atoms with van der Waals surface area (Å²) < 4.78 is 32.7. The van der Waals surface area contributed by atoms with Crippen LogP contribution in [-0.4, -0.2) is 79.9 Å².